The molecular weight excluding hydrogens is 272 g/mol. The molecule has 4 heteroatoms. The molecule has 3 heterocycles. The van der Waals surface area contributed by atoms with Gasteiger partial charge in [0.1, 0.15) is 11.3 Å². The number of benzene rings is 1. The van der Waals surface area contributed by atoms with Crippen LogP contribution >= 0.6 is 12.4 Å². The van der Waals surface area contributed by atoms with Gasteiger partial charge in [0.2, 0.25) is 0 Å². The SMILES string of the molecule is Cl.c1ccc2oc(CN3CCC4CNCC4C3)cc2c1. The molecule has 2 aliphatic rings. The molecule has 2 unspecified atom stereocenters. The second kappa shape index (κ2) is 5.76. The summed E-state index contributed by atoms with van der Waals surface area (Å²) in [7, 11) is 0. The van der Waals surface area contributed by atoms with Crippen LogP contribution in [0, 0.1) is 11.8 Å². The lowest BCUT2D eigenvalue weighted by Crippen LogP contribution is -2.39. The van der Waals surface area contributed by atoms with E-state index >= 15 is 0 Å². The minimum Gasteiger partial charge on any atom is -0.460 e. The Balaban J connectivity index is 0.00000121. The van der Waals surface area contributed by atoms with Gasteiger partial charge in [-0.25, -0.2) is 0 Å². The largest absolute Gasteiger partial charge is 0.460 e. The van der Waals surface area contributed by atoms with E-state index in [4.69, 9.17) is 4.42 Å². The van der Waals surface area contributed by atoms with Crippen LogP contribution in [0.4, 0.5) is 0 Å². The summed E-state index contributed by atoms with van der Waals surface area (Å²) in [6.07, 6.45) is 1.33. The molecule has 1 N–H and O–H groups in total. The molecule has 0 amide bonds. The van der Waals surface area contributed by atoms with Crippen molar-refractivity contribution in [2.75, 3.05) is 26.2 Å². The third kappa shape index (κ3) is 2.58. The van der Waals surface area contributed by atoms with Crippen LogP contribution < -0.4 is 5.32 Å². The highest BCUT2D eigenvalue weighted by atomic mass is 35.5. The van der Waals surface area contributed by atoms with E-state index in [2.05, 4.69) is 28.4 Å². The molecule has 108 valence electrons. The van der Waals surface area contributed by atoms with E-state index in [1.807, 2.05) is 12.1 Å². The molecule has 0 bridgehead atoms. The molecule has 3 nitrogen and oxygen atoms in total. The lowest BCUT2D eigenvalue weighted by molar-refractivity contribution is 0.134. The summed E-state index contributed by atoms with van der Waals surface area (Å²) in [6.45, 7) is 5.80. The molecule has 2 fully saturated rings. The molecule has 2 atom stereocenters. The first kappa shape index (κ1) is 13.9. The van der Waals surface area contributed by atoms with E-state index < -0.39 is 0 Å². The molecule has 0 radical (unpaired) electrons. The molecule has 2 saturated heterocycles. The number of nitrogens with zero attached hydrogens (tertiary/aromatic N) is 1. The van der Waals surface area contributed by atoms with Gasteiger partial charge in [0, 0.05) is 11.9 Å². The molecule has 2 aromatic rings. The molecule has 1 aromatic carbocycles. The van der Waals surface area contributed by atoms with Gasteiger partial charge in [-0.1, -0.05) is 18.2 Å². The van der Waals surface area contributed by atoms with Gasteiger partial charge in [0.05, 0.1) is 6.54 Å². The standard InChI is InChI=1S/C16H20N2O.ClH/c1-2-4-16-12(3-1)7-15(19-16)11-18-6-5-13-8-17-9-14(13)10-18;/h1-4,7,13-14,17H,5-6,8-11H2;1H. The lowest BCUT2D eigenvalue weighted by atomic mass is 9.89. The number of hydrogen-bond donors (Lipinski definition) is 1. The van der Waals surface area contributed by atoms with Crippen LogP contribution in [0.1, 0.15) is 12.2 Å². The van der Waals surface area contributed by atoms with E-state index in [0.717, 1.165) is 29.7 Å². The Morgan fingerprint density at radius 3 is 2.95 bits per heavy atom. The summed E-state index contributed by atoms with van der Waals surface area (Å²) in [5, 5.41) is 4.74. The Morgan fingerprint density at radius 1 is 1.20 bits per heavy atom. The first-order chi connectivity index (χ1) is 9.38. The zero-order valence-corrected chi connectivity index (χ0v) is 12.4. The summed E-state index contributed by atoms with van der Waals surface area (Å²) in [6, 6.07) is 10.5. The van der Waals surface area contributed by atoms with Crippen molar-refractivity contribution < 1.29 is 4.42 Å². The molecule has 1 aromatic heterocycles. The van der Waals surface area contributed by atoms with Crippen molar-refractivity contribution in [3.63, 3.8) is 0 Å². The van der Waals surface area contributed by atoms with Crippen molar-refractivity contribution in [1.82, 2.24) is 10.2 Å². The minimum atomic E-state index is 0. The monoisotopic (exact) mass is 292 g/mol. The summed E-state index contributed by atoms with van der Waals surface area (Å²) in [5.41, 5.74) is 1.01. The Morgan fingerprint density at radius 2 is 2.05 bits per heavy atom. The van der Waals surface area contributed by atoms with Gasteiger partial charge in [0.15, 0.2) is 0 Å². The highest BCUT2D eigenvalue weighted by Gasteiger charge is 2.32. The van der Waals surface area contributed by atoms with Gasteiger partial charge in [-0.2, -0.15) is 0 Å². The second-order valence-corrected chi connectivity index (χ2v) is 5.95. The van der Waals surface area contributed by atoms with Gasteiger partial charge < -0.3 is 9.73 Å². The van der Waals surface area contributed by atoms with Crippen molar-refractivity contribution in [1.29, 1.82) is 0 Å². The van der Waals surface area contributed by atoms with Crippen LogP contribution in [-0.2, 0) is 6.54 Å². The van der Waals surface area contributed by atoms with Gasteiger partial charge >= 0.3 is 0 Å². The fourth-order valence-electron chi connectivity index (χ4n) is 3.59. The van der Waals surface area contributed by atoms with Gasteiger partial charge in [-0.3, -0.25) is 4.90 Å². The second-order valence-electron chi connectivity index (χ2n) is 5.95. The lowest BCUT2D eigenvalue weighted by Gasteiger charge is -2.33. The third-order valence-electron chi connectivity index (χ3n) is 4.64. The predicted octanol–water partition coefficient (Wildman–Crippen LogP) is 2.90. The fourth-order valence-corrected chi connectivity index (χ4v) is 3.59. The average molecular weight is 293 g/mol. The zero-order chi connectivity index (χ0) is 12.7. The smallest absolute Gasteiger partial charge is 0.134 e. The van der Waals surface area contributed by atoms with E-state index in [9.17, 15) is 0 Å². The first-order valence-corrected chi connectivity index (χ1v) is 7.29. The Bertz CT molecular complexity index is 550. The summed E-state index contributed by atoms with van der Waals surface area (Å²) in [4.78, 5) is 2.55. The quantitative estimate of drug-likeness (QED) is 0.922. The van der Waals surface area contributed by atoms with Crippen LogP contribution in [-0.4, -0.2) is 31.1 Å². The Labute approximate surface area is 125 Å². The topological polar surface area (TPSA) is 28.4 Å². The van der Waals surface area contributed by atoms with Crippen molar-refractivity contribution in [3.8, 4) is 0 Å². The van der Waals surface area contributed by atoms with Crippen LogP contribution in [0.3, 0.4) is 0 Å². The highest BCUT2D eigenvalue weighted by molar-refractivity contribution is 5.85. The normalized spacial score (nSPS) is 26.4. The van der Waals surface area contributed by atoms with E-state index in [1.54, 1.807) is 0 Å². The average Bonchev–Trinajstić information content (AvgIpc) is 3.03. The molecule has 2 aliphatic heterocycles. The number of nitrogens with one attached hydrogen (secondary N) is 1. The fraction of sp³-hybridized carbons (Fsp3) is 0.500. The first-order valence-electron chi connectivity index (χ1n) is 7.29. The third-order valence-corrected chi connectivity index (χ3v) is 4.64. The van der Waals surface area contributed by atoms with Crippen molar-refractivity contribution in [2.45, 2.75) is 13.0 Å². The van der Waals surface area contributed by atoms with Gasteiger partial charge in [-0.15, -0.1) is 12.4 Å². The molecule has 0 spiro atoms. The molecule has 0 saturated carbocycles. The van der Waals surface area contributed by atoms with Crippen molar-refractivity contribution >= 4 is 23.4 Å². The van der Waals surface area contributed by atoms with Gasteiger partial charge in [-0.05, 0) is 50.0 Å². The van der Waals surface area contributed by atoms with Crippen LogP contribution in [0.5, 0.6) is 0 Å². The van der Waals surface area contributed by atoms with Crippen molar-refractivity contribution in [2.24, 2.45) is 11.8 Å². The molecule has 0 aliphatic carbocycles. The maximum absolute atomic E-state index is 5.92. The number of para-hydroxylation sites is 1. The number of furan rings is 1. The van der Waals surface area contributed by atoms with E-state index in [1.165, 1.54) is 38.0 Å². The number of halogens is 1. The number of rotatable bonds is 2. The predicted molar refractivity (Wildman–Crippen MR) is 83.2 cm³/mol. The van der Waals surface area contributed by atoms with E-state index in [-0.39, 0.29) is 12.4 Å². The summed E-state index contributed by atoms with van der Waals surface area (Å²) >= 11 is 0. The van der Waals surface area contributed by atoms with Crippen LogP contribution in [0.15, 0.2) is 34.7 Å². The van der Waals surface area contributed by atoms with Crippen LogP contribution in [0.2, 0.25) is 0 Å². The zero-order valence-electron chi connectivity index (χ0n) is 11.5. The molecular formula is C16H21ClN2O. The Kier molecular flexibility index (Phi) is 4.01. The molecule has 20 heavy (non-hydrogen) atoms. The number of hydrogen-bond acceptors (Lipinski definition) is 3. The minimum absolute atomic E-state index is 0. The number of likely N-dealkylation sites (tertiary alicyclic amines) is 1. The number of fused-ring (bicyclic) bond motifs is 2. The van der Waals surface area contributed by atoms with Crippen molar-refractivity contribution in [3.05, 3.63) is 36.1 Å². The number of piperidine rings is 1. The Hall–Kier alpha value is -1.03. The molecule has 4 rings (SSSR count). The summed E-state index contributed by atoms with van der Waals surface area (Å²) < 4.78 is 5.92. The van der Waals surface area contributed by atoms with E-state index in [0.29, 0.717) is 0 Å². The van der Waals surface area contributed by atoms with Gasteiger partial charge in [0.25, 0.3) is 0 Å². The maximum Gasteiger partial charge on any atom is 0.134 e. The maximum atomic E-state index is 5.92. The highest BCUT2D eigenvalue weighted by Crippen LogP contribution is 2.28. The van der Waals surface area contributed by atoms with Crippen LogP contribution in [0.25, 0.3) is 11.0 Å². The summed E-state index contributed by atoms with van der Waals surface area (Å²) in [5.74, 6) is 2.86.